The number of aromatic hydroxyl groups is 1. The predicted molar refractivity (Wildman–Crippen MR) is 98.6 cm³/mol. The summed E-state index contributed by atoms with van der Waals surface area (Å²) in [5.41, 5.74) is 3.02. The summed E-state index contributed by atoms with van der Waals surface area (Å²) in [6.07, 6.45) is 0. The average Bonchev–Trinajstić information content (AvgIpc) is 3.23. The number of H-pyrrole nitrogens is 1. The number of phenolic OH excluding ortho intramolecular Hbond substituents is 1. The molecular formula is C20H19N3O4. The maximum absolute atomic E-state index is 12.9. The second kappa shape index (κ2) is 6.77. The second-order valence-electron chi connectivity index (χ2n) is 6.28. The van der Waals surface area contributed by atoms with Crippen LogP contribution in [0.25, 0.3) is 11.3 Å². The molecule has 1 unspecified atom stereocenters. The molecule has 0 spiro atoms. The van der Waals surface area contributed by atoms with Crippen LogP contribution in [-0.2, 0) is 0 Å². The van der Waals surface area contributed by atoms with Crippen molar-refractivity contribution in [3.05, 3.63) is 65.4 Å². The van der Waals surface area contributed by atoms with Gasteiger partial charge in [0.25, 0.3) is 5.91 Å². The molecule has 3 N–H and O–H groups in total. The number of aliphatic hydroxyl groups excluding tert-OH is 1. The molecule has 0 saturated heterocycles. The molecule has 0 saturated carbocycles. The lowest BCUT2D eigenvalue weighted by molar-refractivity contribution is 0.0706. The lowest BCUT2D eigenvalue weighted by atomic mass is 9.95. The summed E-state index contributed by atoms with van der Waals surface area (Å²) in [6.45, 7) is 0.0419. The number of carbonyl (C=O) groups excluding carboxylic acids is 1. The van der Waals surface area contributed by atoms with E-state index in [1.807, 2.05) is 24.3 Å². The van der Waals surface area contributed by atoms with Gasteiger partial charge in [-0.15, -0.1) is 0 Å². The number of hydrogen-bond acceptors (Lipinski definition) is 5. The first-order valence-electron chi connectivity index (χ1n) is 8.58. The normalized spacial score (nSPS) is 15.9. The average molecular weight is 365 g/mol. The minimum atomic E-state index is -0.418. The summed E-state index contributed by atoms with van der Waals surface area (Å²) >= 11 is 0. The Bertz CT molecular complexity index is 981. The molecule has 0 fully saturated rings. The van der Waals surface area contributed by atoms with Crippen LogP contribution in [0.2, 0.25) is 0 Å². The van der Waals surface area contributed by atoms with E-state index in [-0.39, 0.29) is 24.8 Å². The summed E-state index contributed by atoms with van der Waals surface area (Å²) < 4.78 is 5.22. The Hall–Kier alpha value is -3.32. The van der Waals surface area contributed by atoms with E-state index in [2.05, 4.69) is 10.2 Å². The fourth-order valence-electron chi connectivity index (χ4n) is 3.55. The fourth-order valence-corrected chi connectivity index (χ4v) is 3.55. The number of amides is 1. The van der Waals surface area contributed by atoms with E-state index < -0.39 is 6.04 Å². The standard InChI is InChI=1S/C20H19N3O4/c1-27-13-8-6-12(7-9-13)19-16-17(14-4-2-3-5-15(14)25)21-22-18(16)20(26)23(19)10-11-24/h2-9,19,24-25H,10-11H2,1H3,(H,21,22). The number of aromatic amines is 1. The largest absolute Gasteiger partial charge is 0.507 e. The smallest absolute Gasteiger partial charge is 0.273 e. The zero-order valence-corrected chi connectivity index (χ0v) is 14.7. The zero-order valence-electron chi connectivity index (χ0n) is 14.7. The highest BCUT2D eigenvalue weighted by Gasteiger charge is 2.42. The number of methoxy groups -OCH3 is 1. The Morgan fingerprint density at radius 3 is 2.59 bits per heavy atom. The van der Waals surface area contributed by atoms with Gasteiger partial charge in [-0.1, -0.05) is 24.3 Å². The van der Waals surface area contributed by atoms with Gasteiger partial charge in [-0.3, -0.25) is 9.89 Å². The quantitative estimate of drug-likeness (QED) is 0.645. The number of ether oxygens (including phenoxy) is 1. The Balaban J connectivity index is 1.88. The van der Waals surface area contributed by atoms with Crippen LogP contribution in [-0.4, -0.2) is 51.5 Å². The molecular weight excluding hydrogens is 346 g/mol. The Morgan fingerprint density at radius 1 is 1.19 bits per heavy atom. The van der Waals surface area contributed by atoms with Crippen molar-refractivity contribution in [3.63, 3.8) is 0 Å². The molecule has 4 rings (SSSR count). The van der Waals surface area contributed by atoms with Crippen LogP contribution in [0, 0.1) is 0 Å². The molecule has 1 aliphatic heterocycles. The first kappa shape index (κ1) is 17.1. The van der Waals surface area contributed by atoms with E-state index in [4.69, 9.17) is 4.74 Å². The molecule has 7 heteroatoms. The maximum atomic E-state index is 12.9. The van der Waals surface area contributed by atoms with Crippen LogP contribution in [0.1, 0.15) is 27.7 Å². The summed E-state index contributed by atoms with van der Waals surface area (Å²) in [5, 5.41) is 26.8. The predicted octanol–water partition coefficient (Wildman–Crippen LogP) is 2.33. The van der Waals surface area contributed by atoms with Crippen molar-refractivity contribution in [1.29, 1.82) is 0 Å². The number of rotatable bonds is 5. The molecule has 2 heterocycles. The van der Waals surface area contributed by atoms with Gasteiger partial charge in [-0.05, 0) is 29.8 Å². The lowest BCUT2D eigenvalue weighted by Gasteiger charge is -2.25. The number of β-amino-alcohol motifs (C(OH)–C–C–N with tert-alkyl or cyclic N) is 1. The lowest BCUT2D eigenvalue weighted by Crippen LogP contribution is -2.32. The summed E-state index contributed by atoms with van der Waals surface area (Å²) in [5.74, 6) is 0.576. The number of benzene rings is 2. The SMILES string of the molecule is COc1ccc(C2c3c(-c4ccccc4O)n[nH]c3C(=O)N2CCO)cc1. The van der Waals surface area contributed by atoms with Crippen LogP contribution < -0.4 is 4.74 Å². The van der Waals surface area contributed by atoms with E-state index >= 15 is 0 Å². The number of carbonyl (C=O) groups is 1. The van der Waals surface area contributed by atoms with Crippen LogP contribution in [0.15, 0.2) is 48.5 Å². The van der Waals surface area contributed by atoms with Gasteiger partial charge in [0.05, 0.1) is 19.8 Å². The van der Waals surface area contributed by atoms with Crippen LogP contribution in [0.4, 0.5) is 0 Å². The van der Waals surface area contributed by atoms with Gasteiger partial charge in [0.1, 0.15) is 22.9 Å². The van der Waals surface area contributed by atoms with E-state index in [1.54, 1.807) is 36.3 Å². The highest BCUT2D eigenvalue weighted by atomic mass is 16.5. The van der Waals surface area contributed by atoms with Gasteiger partial charge < -0.3 is 19.8 Å². The van der Waals surface area contributed by atoms with Crippen LogP contribution in [0.3, 0.4) is 0 Å². The van der Waals surface area contributed by atoms with Crippen molar-refractivity contribution in [2.24, 2.45) is 0 Å². The van der Waals surface area contributed by atoms with Crippen molar-refractivity contribution in [2.45, 2.75) is 6.04 Å². The summed E-state index contributed by atoms with van der Waals surface area (Å²) in [6, 6.07) is 13.9. The van der Waals surface area contributed by atoms with Crippen molar-refractivity contribution in [1.82, 2.24) is 15.1 Å². The number of aromatic nitrogens is 2. The number of fused-ring (bicyclic) bond motifs is 1. The monoisotopic (exact) mass is 365 g/mol. The highest BCUT2D eigenvalue weighted by Crippen LogP contribution is 2.44. The fraction of sp³-hybridized carbons (Fsp3) is 0.200. The number of aliphatic hydroxyl groups is 1. The van der Waals surface area contributed by atoms with Crippen LogP contribution in [0.5, 0.6) is 11.5 Å². The molecule has 0 aliphatic carbocycles. The van der Waals surface area contributed by atoms with Gasteiger partial charge in [0, 0.05) is 17.7 Å². The topological polar surface area (TPSA) is 98.7 Å². The zero-order chi connectivity index (χ0) is 19.0. The van der Waals surface area contributed by atoms with Gasteiger partial charge in [0.15, 0.2) is 0 Å². The third kappa shape index (κ3) is 2.72. The number of para-hydroxylation sites is 1. The van der Waals surface area contributed by atoms with Gasteiger partial charge in [-0.25, -0.2) is 0 Å². The van der Waals surface area contributed by atoms with Gasteiger partial charge in [0.2, 0.25) is 0 Å². The Labute approximate surface area is 155 Å². The number of nitrogens with one attached hydrogen (secondary N) is 1. The van der Waals surface area contributed by atoms with E-state index in [9.17, 15) is 15.0 Å². The van der Waals surface area contributed by atoms with E-state index in [1.165, 1.54) is 0 Å². The Morgan fingerprint density at radius 2 is 1.93 bits per heavy atom. The third-order valence-corrected chi connectivity index (χ3v) is 4.80. The van der Waals surface area contributed by atoms with Gasteiger partial charge >= 0.3 is 0 Å². The van der Waals surface area contributed by atoms with E-state index in [0.29, 0.717) is 28.3 Å². The molecule has 27 heavy (non-hydrogen) atoms. The van der Waals surface area contributed by atoms with Crippen molar-refractivity contribution < 1.29 is 19.7 Å². The molecule has 7 nitrogen and oxygen atoms in total. The highest BCUT2D eigenvalue weighted by molar-refractivity contribution is 6.00. The molecule has 1 aromatic heterocycles. The van der Waals surface area contributed by atoms with Crippen molar-refractivity contribution in [2.75, 3.05) is 20.3 Å². The first-order valence-corrected chi connectivity index (χ1v) is 8.58. The van der Waals surface area contributed by atoms with E-state index in [0.717, 1.165) is 5.56 Å². The maximum Gasteiger partial charge on any atom is 0.273 e. The molecule has 1 amide bonds. The third-order valence-electron chi connectivity index (χ3n) is 4.80. The molecule has 138 valence electrons. The summed E-state index contributed by atoms with van der Waals surface area (Å²) in [4.78, 5) is 14.5. The molecule has 1 aliphatic rings. The number of phenols is 1. The van der Waals surface area contributed by atoms with Gasteiger partial charge in [-0.2, -0.15) is 5.10 Å². The molecule has 0 bridgehead atoms. The minimum Gasteiger partial charge on any atom is -0.507 e. The van der Waals surface area contributed by atoms with Crippen molar-refractivity contribution >= 4 is 5.91 Å². The molecule has 0 radical (unpaired) electrons. The molecule has 1 atom stereocenters. The second-order valence-corrected chi connectivity index (χ2v) is 6.28. The molecule has 3 aromatic rings. The summed E-state index contributed by atoms with van der Waals surface area (Å²) in [7, 11) is 1.59. The molecule has 2 aromatic carbocycles. The minimum absolute atomic E-state index is 0.0911. The number of hydrogen-bond donors (Lipinski definition) is 3. The first-order chi connectivity index (χ1) is 13.2. The Kier molecular flexibility index (Phi) is 4.29. The number of nitrogens with zero attached hydrogens (tertiary/aromatic N) is 2. The van der Waals surface area contributed by atoms with Crippen LogP contribution >= 0.6 is 0 Å². The van der Waals surface area contributed by atoms with Crippen molar-refractivity contribution in [3.8, 4) is 22.8 Å².